The molecule has 1 aliphatic rings. The van der Waals surface area contributed by atoms with E-state index in [0.717, 1.165) is 12.2 Å². The first-order valence-corrected chi connectivity index (χ1v) is 8.94. The van der Waals surface area contributed by atoms with Crippen molar-refractivity contribution in [1.29, 1.82) is 0 Å². The third kappa shape index (κ3) is 2.63. The molecule has 0 saturated carbocycles. The fraction of sp³-hybridized carbons (Fsp3) is 0.333. The number of aryl methyl sites for hydroxylation is 2. The average molecular weight is 308 g/mol. The van der Waals surface area contributed by atoms with Gasteiger partial charge in [-0.3, -0.25) is 0 Å². The van der Waals surface area contributed by atoms with Crippen molar-refractivity contribution in [1.82, 2.24) is 0 Å². The molecule has 1 heterocycles. The Morgan fingerprint density at radius 3 is 2.50 bits per heavy atom. The summed E-state index contributed by atoms with van der Waals surface area (Å²) >= 11 is 2.00. The van der Waals surface area contributed by atoms with Crippen LogP contribution in [0.4, 0.5) is 0 Å². The number of hydrogen-bond acceptors (Lipinski definition) is 1. The molecule has 1 unspecified atom stereocenters. The van der Waals surface area contributed by atoms with Crippen LogP contribution in [-0.2, 0) is 5.41 Å². The molecule has 0 amide bonds. The molecule has 2 atom stereocenters. The van der Waals surface area contributed by atoms with Gasteiger partial charge >= 0.3 is 0 Å². The summed E-state index contributed by atoms with van der Waals surface area (Å²) < 4.78 is 0. The van der Waals surface area contributed by atoms with E-state index >= 15 is 0 Å². The molecule has 0 saturated heterocycles. The van der Waals surface area contributed by atoms with Crippen molar-refractivity contribution in [3.8, 4) is 0 Å². The number of fused-ring (bicyclic) bond motifs is 1. The van der Waals surface area contributed by atoms with Crippen molar-refractivity contribution in [2.45, 2.75) is 43.4 Å². The SMILES string of the molecule is C=CCC1c2ccc(C)cc2SC[C@]1(C)c1ccc(C)cc1. The van der Waals surface area contributed by atoms with E-state index in [1.165, 1.54) is 27.1 Å². The molecule has 0 spiro atoms. The maximum atomic E-state index is 4.01. The highest BCUT2D eigenvalue weighted by Gasteiger charge is 2.40. The fourth-order valence-electron chi connectivity index (χ4n) is 3.50. The number of benzene rings is 2. The van der Waals surface area contributed by atoms with E-state index < -0.39 is 0 Å². The summed E-state index contributed by atoms with van der Waals surface area (Å²) in [6.45, 7) is 10.8. The highest BCUT2D eigenvalue weighted by molar-refractivity contribution is 7.99. The molecule has 22 heavy (non-hydrogen) atoms. The molecule has 0 fully saturated rings. The molecule has 2 aromatic rings. The highest BCUT2D eigenvalue weighted by Crippen LogP contribution is 2.51. The van der Waals surface area contributed by atoms with Crippen molar-refractivity contribution in [2.24, 2.45) is 0 Å². The van der Waals surface area contributed by atoms with Crippen LogP contribution in [0, 0.1) is 13.8 Å². The molecular formula is C21H24S. The third-order valence-electron chi connectivity index (χ3n) is 4.95. The van der Waals surface area contributed by atoms with E-state index in [0.29, 0.717) is 5.92 Å². The van der Waals surface area contributed by atoms with E-state index in [1.54, 1.807) is 0 Å². The lowest BCUT2D eigenvalue weighted by atomic mass is 9.68. The molecule has 1 aliphatic heterocycles. The Bertz CT molecular complexity index is 684. The minimum Gasteiger partial charge on any atom is -0.125 e. The zero-order chi connectivity index (χ0) is 15.7. The van der Waals surface area contributed by atoms with E-state index in [-0.39, 0.29) is 5.41 Å². The van der Waals surface area contributed by atoms with Crippen molar-refractivity contribution < 1.29 is 0 Å². The number of thioether (sulfide) groups is 1. The Labute approximate surface area is 138 Å². The molecule has 0 aromatic heterocycles. The Morgan fingerprint density at radius 1 is 1.14 bits per heavy atom. The van der Waals surface area contributed by atoms with Gasteiger partial charge in [0.2, 0.25) is 0 Å². The molecule has 0 bridgehead atoms. The summed E-state index contributed by atoms with van der Waals surface area (Å²) in [6, 6.07) is 16.0. The molecule has 2 aromatic carbocycles. The molecule has 3 rings (SSSR count). The fourth-order valence-corrected chi connectivity index (χ4v) is 4.97. The van der Waals surface area contributed by atoms with Crippen molar-refractivity contribution in [2.75, 3.05) is 5.75 Å². The highest BCUT2D eigenvalue weighted by atomic mass is 32.2. The molecule has 114 valence electrons. The van der Waals surface area contributed by atoms with Crippen LogP contribution in [0.25, 0.3) is 0 Å². The molecule has 0 aliphatic carbocycles. The van der Waals surface area contributed by atoms with Gasteiger partial charge in [0.25, 0.3) is 0 Å². The molecule has 0 nitrogen and oxygen atoms in total. The van der Waals surface area contributed by atoms with Gasteiger partial charge in [-0.1, -0.05) is 60.5 Å². The van der Waals surface area contributed by atoms with Gasteiger partial charge in [-0.15, -0.1) is 18.3 Å². The maximum Gasteiger partial charge on any atom is 0.0110 e. The first kappa shape index (κ1) is 15.4. The maximum absolute atomic E-state index is 4.01. The van der Waals surface area contributed by atoms with Crippen LogP contribution in [0.2, 0.25) is 0 Å². The van der Waals surface area contributed by atoms with Gasteiger partial charge in [-0.2, -0.15) is 0 Å². The monoisotopic (exact) mass is 308 g/mol. The zero-order valence-electron chi connectivity index (χ0n) is 13.7. The Balaban J connectivity index is 2.09. The molecular weight excluding hydrogens is 284 g/mol. The first-order chi connectivity index (χ1) is 10.5. The smallest absolute Gasteiger partial charge is 0.0110 e. The summed E-state index contributed by atoms with van der Waals surface area (Å²) in [5, 5.41) is 0. The van der Waals surface area contributed by atoms with Crippen molar-refractivity contribution >= 4 is 11.8 Å². The van der Waals surface area contributed by atoms with Gasteiger partial charge in [0, 0.05) is 16.1 Å². The van der Waals surface area contributed by atoms with Crippen LogP contribution in [0.1, 0.15) is 41.5 Å². The first-order valence-electron chi connectivity index (χ1n) is 7.96. The summed E-state index contributed by atoms with van der Waals surface area (Å²) in [6.07, 6.45) is 3.11. The lowest BCUT2D eigenvalue weighted by molar-refractivity contribution is 0.409. The van der Waals surface area contributed by atoms with Crippen molar-refractivity contribution in [3.63, 3.8) is 0 Å². The second kappa shape index (κ2) is 5.96. The molecule has 1 heteroatoms. The average Bonchev–Trinajstić information content (AvgIpc) is 2.51. The van der Waals surface area contributed by atoms with Gasteiger partial charge in [0.15, 0.2) is 0 Å². The normalized spacial score (nSPS) is 23.9. The summed E-state index contributed by atoms with van der Waals surface area (Å²) in [5.74, 6) is 1.63. The summed E-state index contributed by atoms with van der Waals surface area (Å²) in [4.78, 5) is 1.46. The van der Waals surface area contributed by atoms with Gasteiger partial charge in [0.1, 0.15) is 0 Å². The van der Waals surface area contributed by atoms with Crippen LogP contribution >= 0.6 is 11.8 Å². The van der Waals surface area contributed by atoms with E-state index in [9.17, 15) is 0 Å². The van der Waals surface area contributed by atoms with E-state index in [2.05, 4.69) is 75.9 Å². The Hall–Kier alpha value is -1.47. The lowest BCUT2D eigenvalue weighted by Crippen LogP contribution is -2.36. The van der Waals surface area contributed by atoms with Crippen LogP contribution in [-0.4, -0.2) is 5.75 Å². The number of allylic oxidation sites excluding steroid dienone is 1. The molecule has 0 radical (unpaired) electrons. The van der Waals surface area contributed by atoms with Crippen molar-refractivity contribution in [3.05, 3.63) is 77.4 Å². The van der Waals surface area contributed by atoms with Crippen LogP contribution in [0.3, 0.4) is 0 Å². The standard InChI is InChI=1S/C21H24S/c1-5-6-19-18-12-9-16(3)13-20(18)22-14-21(19,4)17-10-7-15(2)8-11-17/h5,7-13,19H,1,6,14H2,2-4H3/t19?,21-/m1/s1. The second-order valence-corrected chi connectivity index (χ2v) is 7.71. The third-order valence-corrected chi connectivity index (χ3v) is 6.36. The van der Waals surface area contributed by atoms with Crippen LogP contribution < -0.4 is 0 Å². The topological polar surface area (TPSA) is 0 Å². The Morgan fingerprint density at radius 2 is 1.82 bits per heavy atom. The van der Waals surface area contributed by atoms with Crippen LogP contribution in [0.5, 0.6) is 0 Å². The summed E-state index contributed by atoms with van der Waals surface area (Å²) in [5.41, 5.74) is 5.78. The van der Waals surface area contributed by atoms with Gasteiger partial charge in [0.05, 0.1) is 0 Å². The minimum atomic E-state index is 0.162. The minimum absolute atomic E-state index is 0.162. The largest absolute Gasteiger partial charge is 0.125 e. The quantitative estimate of drug-likeness (QED) is 0.624. The number of hydrogen-bond donors (Lipinski definition) is 0. The summed E-state index contributed by atoms with van der Waals surface area (Å²) in [7, 11) is 0. The second-order valence-electron chi connectivity index (χ2n) is 6.69. The van der Waals surface area contributed by atoms with Crippen LogP contribution in [0.15, 0.2) is 60.0 Å². The van der Waals surface area contributed by atoms with Gasteiger partial charge in [-0.05, 0) is 43.4 Å². The Kier molecular flexibility index (Phi) is 4.18. The van der Waals surface area contributed by atoms with Gasteiger partial charge < -0.3 is 0 Å². The number of rotatable bonds is 3. The van der Waals surface area contributed by atoms with E-state index in [4.69, 9.17) is 0 Å². The van der Waals surface area contributed by atoms with E-state index in [1.807, 2.05) is 11.8 Å². The predicted octanol–water partition coefficient (Wildman–Crippen LogP) is 6.03. The zero-order valence-corrected chi connectivity index (χ0v) is 14.5. The predicted molar refractivity (Wildman–Crippen MR) is 98.0 cm³/mol. The van der Waals surface area contributed by atoms with Gasteiger partial charge in [-0.25, -0.2) is 0 Å². The lowest BCUT2D eigenvalue weighted by Gasteiger charge is -2.42. The molecule has 0 N–H and O–H groups in total.